The van der Waals surface area contributed by atoms with Crippen molar-refractivity contribution in [3.8, 4) is 0 Å². The Labute approximate surface area is 158 Å². The Hall–Kier alpha value is -2.28. The van der Waals surface area contributed by atoms with Crippen molar-refractivity contribution in [1.82, 2.24) is 0 Å². The molecule has 0 heterocycles. The third kappa shape index (κ3) is 4.09. The van der Waals surface area contributed by atoms with Crippen molar-refractivity contribution in [1.29, 1.82) is 0 Å². The maximum absolute atomic E-state index is 3.85. The first-order valence-electron chi connectivity index (χ1n) is 9.68. The Morgan fingerprint density at radius 1 is 0.962 bits per heavy atom. The topological polar surface area (TPSA) is 12.0 Å². The van der Waals surface area contributed by atoms with Gasteiger partial charge in [-0.05, 0) is 55.9 Å². The monoisotopic (exact) mass is 345 g/mol. The van der Waals surface area contributed by atoms with E-state index >= 15 is 0 Å². The van der Waals surface area contributed by atoms with E-state index in [1.807, 2.05) is 0 Å². The van der Waals surface area contributed by atoms with Gasteiger partial charge in [-0.2, -0.15) is 0 Å². The first kappa shape index (κ1) is 18.5. The molecule has 3 rings (SSSR count). The van der Waals surface area contributed by atoms with Crippen molar-refractivity contribution in [2.45, 2.75) is 46.6 Å². The third-order valence-corrected chi connectivity index (χ3v) is 5.21. The van der Waals surface area contributed by atoms with Crippen LogP contribution < -0.4 is 5.32 Å². The average Bonchev–Trinajstić information content (AvgIpc) is 3.00. The maximum atomic E-state index is 3.85. The number of allylic oxidation sites excluding steroid dienone is 2. The van der Waals surface area contributed by atoms with Gasteiger partial charge in [0.25, 0.3) is 0 Å². The second-order valence-corrected chi connectivity index (χ2v) is 8.46. The first-order valence-corrected chi connectivity index (χ1v) is 9.68. The minimum atomic E-state index is -0.0514. The van der Waals surface area contributed by atoms with E-state index in [1.54, 1.807) is 0 Å². The van der Waals surface area contributed by atoms with Crippen LogP contribution in [0, 0.1) is 11.8 Å². The van der Waals surface area contributed by atoms with Crippen molar-refractivity contribution in [2.75, 3.05) is 5.32 Å². The summed E-state index contributed by atoms with van der Waals surface area (Å²) in [5.74, 6) is 1.03. The van der Waals surface area contributed by atoms with Gasteiger partial charge in [-0.3, -0.25) is 0 Å². The molecule has 0 fully saturated rings. The lowest BCUT2D eigenvalue weighted by molar-refractivity contribution is 0.469. The second-order valence-electron chi connectivity index (χ2n) is 8.46. The van der Waals surface area contributed by atoms with Crippen LogP contribution in [0.1, 0.15) is 45.7 Å². The van der Waals surface area contributed by atoms with Crippen LogP contribution in [-0.2, 0) is 6.42 Å². The number of anilines is 1. The molecule has 1 N–H and O–H groups in total. The maximum Gasteiger partial charge on any atom is 0.0417 e. The highest BCUT2D eigenvalue weighted by Gasteiger charge is 2.32. The summed E-state index contributed by atoms with van der Waals surface area (Å²) in [7, 11) is 0. The molecule has 1 heteroatoms. The molecule has 136 valence electrons. The number of rotatable bonds is 6. The molecule has 1 atom stereocenters. The molecular formula is C25H31N. The van der Waals surface area contributed by atoms with E-state index in [9.17, 15) is 0 Å². The molecule has 26 heavy (non-hydrogen) atoms. The Bertz CT molecular complexity index is 809. The summed E-state index contributed by atoms with van der Waals surface area (Å²) in [6.45, 7) is 11.4. The van der Waals surface area contributed by atoms with Crippen LogP contribution in [0.25, 0.3) is 5.57 Å². The Morgan fingerprint density at radius 3 is 2.31 bits per heavy atom. The van der Waals surface area contributed by atoms with Gasteiger partial charge in [0.15, 0.2) is 0 Å². The minimum Gasteiger partial charge on any atom is -0.379 e. The van der Waals surface area contributed by atoms with Gasteiger partial charge < -0.3 is 5.32 Å². The number of para-hydroxylation sites is 1. The predicted molar refractivity (Wildman–Crippen MR) is 114 cm³/mol. The van der Waals surface area contributed by atoms with E-state index in [0.29, 0.717) is 11.8 Å². The smallest absolute Gasteiger partial charge is 0.0417 e. The minimum absolute atomic E-state index is 0.0514. The van der Waals surface area contributed by atoms with E-state index in [-0.39, 0.29) is 5.54 Å². The SMILES string of the molecule is CC1=CC(c2ccccc2)=C[C@H]1C(C)(C)Nc1ccccc1CC(C)C. The molecule has 1 aliphatic carbocycles. The summed E-state index contributed by atoms with van der Waals surface area (Å²) in [4.78, 5) is 0. The molecule has 2 aromatic carbocycles. The van der Waals surface area contributed by atoms with Crippen LogP contribution in [0.4, 0.5) is 5.69 Å². The summed E-state index contributed by atoms with van der Waals surface area (Å²) in [6, 6.07) is 19.4. The second kappa shape index (κ2) is 7.53. The quantitative estimate of drug-likeness (QED) is 0.611. The lowest BCUT2D eigenvalue weighted by Gasteiger charge is -2.35. The molecule has 1 aliphatic rings. The summed E-state index contributed by atoms with van der Waals surface area (Å²) in [6.07, 6.45) is 5.86. The van der Waals surface area contributed by atoms with Crippen LogP contribution in [0.2, 0.25) is 0 Å². The highest BCUT2D eigenvalue weighted by atomic mass is 15.0. The molecule has 0 spiro atoms. The van der Waals surface area contributed by atoms with Crippen LogP contribution in [0.15, 0.2) is 72.3 Å². The van der Waals surface area contributed by atoms with E-state index < -0.39 is 0 Å². The average molecular weight is 346 g/mol. The summed E-state index contributed by atoms with van der Waals surface area (Å²) in [5, 5.41) is 3.85. The molecule has 1 nitrogen and oxygen atoms in total. The van der Waals surface area contributed by atoms with Gasteiger partial charge in [-0.15, -0.1) is 0 Å². The van der Waals surface area contributed by atoms with E-state index in [2.05, 4.69) is 107 Å². The molecule has 0 aliphatic heterocycles. The number of hydrogen-bond acceptors (Lipinski definition) is 1. The van der Waals surface area contributed by atoms with Crippen LogP contribution in [0.3, 0.4) is 0 Å². The van der Waals surface area contributed by atoms with Gasteiger partial charge in [0.2, 0.25) is 0 Å². The fraction of sp³-hybridized carbons (Fsp3) is 0.360. The first-order chi connectivity index (χ1) is 12.4. The zero-order valence-electron chi connectivity index (χ0n) is 16.7. The fourth-order valence-corrected chi connectivity index (χ4v) is 3.97. The Balaban J connectivity index is 1.85. The summed E-state index contributed by atoms with van der Waals surface area (Å²) >= 11 is 0. The lowest BCUT2D eigenvalue weighted by Crippen LogP contribution is -2.39. The van der Waals surface area contributed by atoms with Gasteiger partial charge in [-0.25, -0.2) is 0 Å². The Kier molecular flexibility index (Phi) is 5.36. The van der Waals surface area contributed by atoms with Crippen molar-refractivity contribution in [2.24, 2.45) is 11.8 Å². The molecule has 0 aromatic heterocycles. The summed E-state index contributed by atoms with van der Waals surface area (Å²) in [5.41, 5.74) is 6.67. The largest absolute Gasteiger partial charge is 0.379 e. The molecule has 0 radical (unpaired) electrons. The van der Waals surface area contributed by atoms with Crippen LogP contribution >= 0.6 is 0 Å². The molecule has 0 unspecified atom stereocenters. The normalized spacial score (nSPS) is 17.2. The zero-order chi connectivity index (χ0) is 18.7. The van der Waals surface area contributed by atoms with Crippen LogP contribution in [-0.4, -0.2) is 5.54 Å². The zero-order valence-corrected chi connectivity index (χ0v) is 16.7. The van der Waals surface area contributed by atoms with Gasteiger partial charge in [0.05, 0.1) is 0 Å². The van der Waals surface area contributed by atoms with Crippen molar-refractivity contribution >= 4 is 11.3 Å². The van der Waals surface area contributed by atoms with Crippen molar-refractivity contribution < 1.29 is 0 Å². The number of hydrogen-bond donors (Lipinski definition) is 1. The highest BCUT2D eigenvalue weighted by molar-refractivity contribution is 5.78. The number of nitrogens with one attached hydrogen (secondary N) is 1. The standard InChI is InChI=1S/C25H31N/c1-18(2)15-21-13-9-10-14-24(21)26-25(4,5)23-17-22(16-19(23)3)20-11-7-6-8-12-20/h6-14,16-18,23,26H,15H2,1-5H3/t23-/m1/s1. The van der Waals surface area contributed by atoms with Gasteiger partial charge in [0.1, 0.15) is 0 Å². The third-order valence-electron chi connectivity index (χ3n) is 5.21. The van der Waals surface area contributed by atoms with Gasteiger partial charge in [-0.1, -0.05) is 80.1 Å². The Morgan fingerprint density at radius 2 is 1.62 bits per heavy atom. The van der Waals surface area contributed by atoms with Gasteiger partial charge in [0, 0.05) is 17.1 Å². The number of benzene rings is 2. The molecule has 0 bridgehead atoms. The molecule has 0 saturated carbocycles. The van der Waals surface area contributed by atoms with E-state index in [0.717, 1.165) is 6.42 Å². The van der Waals surface area contributed by atoms with Crippen LogP contribution in [0.5, 0.6) is 0 Å². The summed E-state index contributed by atoms with van der Waals surface area (Å²) < 4.78 is 0. The molecule has 0 saturated heterocycles. The van der Waals surface area contributed by atoms with Crippen molar-refractivity contribution in [3.63, 3.8) is 0 Å². The molecule has 0 amide bonds. The van der Waals surface area contributed by atoms with Crippen molar-refractivity contribution in [3.05, 3.63) is 83.4 Å². The van der Waals surface area contributed by atoms with E-state index in [1.165, 1.54) is 28.0 Å². The fourth-order valence-electron chi connectivity index (χ4n) is 3.97. The molecular weight excluding hydrogens is 314 g/mol. The lowest BCUT2D eigenvalue weighted by atomic mass is 9.83. The molecule has 2 aromatic rings. The highest BCUT2D eigenvalue weighted by Crippen LogP contribution is 2.38. The van der Waals surface area contributed by atoms with E-state index in [4.69, 9.17) is 0 Å². The van der Waals surface area contributed by atoms with Gasteiger partial charge >= 0.3 is 0 Å². The predicted octanol–water partition coefficient (Wildman–Crippen LogP) is 6.74.